The number of methoxy groups -OCH3 is 1. The average molecular weight is 362 g/mol. The molecule has 0 radical (unpaired) electrons. The lowest BCUT2D eigenvalue weighted by atomic mass is 10.2. The Balaban J connectivity index is 1.36. The van der Waals surface area contributed by atoms with Gasteiger partial charge in [0.15, 0.2) is 0 Å². The Labute approximate surface area is 156 Å². The molecule has 3 N–H and O–H groups in total. The van der Waals surface area contributed by atoms with E-state index in [9.17, 15) is 4.79 Å². The van der Waals surface area contributed by atoms with Crippen LogP contribution in [-0.4, -0.2) is 29.6 Å². The van der Waals surface area contributed by atoms with E-state index in [2.05, 4.69) is 21.8 Å². The van der Waals surface area contributed by atoms with Gasteiger partial charge in [-0.25, -0.2) is 0 Å². The molecule has 4 aromatic rings. The van der Waals surface area contributed by atoms with E-state index in [-0.39, 0.29) is 5.56 Å². The fourth-order valence-corrected chi connectivity index (χ4v) is 3.21. The topological polar surface area (TPSA) is 70.6 Å². The number of ether oxygens (including phenoxy) is 1. The molecule has 6 heteroatoms. The fourth-order valence-electron chi connectivity index (χ4n) is 3.21. The molecule has 27 heavy (non-hydrogen) atoms. The van der Waals surface area contributed by atoms with Crippen LogP contribution in [0.1, 0.15) is 5.56 Å². The summed E-state index contributed by atoms with van der Waals surface area (Å²) < 4.78 is 7.19. The highest BCUT2D eigenvalue weighted by molar-refractivity contribution is 5.80. The third-order valence-electron chi connectivity index (χ3n) is 4.58. The van der Waals surface area contributed by atoms with Gasteiger partial charge in [-0.3, -0.25) is 4.79 Å². The normalized spacial score (nSPS) is 11.1. The first-order valence-electron chi connectivity index (χ1n) is 8.95. The predicted octanol–water partition coefficient (Wildman–Crippen LogP) is 2.99. The number of fused-ring (bicyclic) bond motifs is 3. The van der Waals surface area contributed by atoms with Crippen molar-refractivity contribution in [2.24, 2.45) is 0 Å². The molecule has 0 bridgehead atoms. The van der Waals surface area contributed by atoms with Crippen LogP contribution in [0.15, 0.2) is 65.6 Å². The van der Waals surface area contributed by atoms with Crippen LogP contribution in [0, 0.1) is 0 Å². The third-order valence-corrected chi connectivity index (χ3v) is 4.58. The van der Waals surface area contributed by atoms with Crippen molar-refractivity contribution in [2.75, 3.05) is 25.5 Å². The molecule has 0 atom stereocenters. The number of hydrogen-bond acceptors (Lipinski definition) is 4. The molecule has 4 rings (SSSR count). The van der Waals surface area contributed by atoms with Crippen LogP contribution in [0.5, 0.6) is 5.75 Å². The number of H-pyrrole nitrogens is 1. The van der Waals surface area contributed by atoms with Crippen molar-refractivity contribution in [3.8, 4) is 5.75 Å². The molecule has 0 spiro atoms. The monoisotopic (exact) mass is 362 g/mol. The van der Waals surface area contributed by atoms with Gasteiger partial charge in [0.05, 0.1) is 18.0 Å². The molecule has 2 heterocycles. The zero-order valence-corrected chi connectivity index (χ0v) is 15.2. The number of para-hydroxylation sites is 1. The number of anilines is 1. The first-order chi connectivity index (χ1) is 13.2. The minimum absolute atomic E-state index is 0.0561. The molecular weight excluding hydrogens is 340 g/mol. The average Bonchev–Trinajstić information content (AvgIpc) is 3.11. The van der Waals surface area contributed by atoms with Crippen LogP contribution < -0.4 is 20.9 Å². The summed E-state index contributed by atoms with van der Waals surface area (Å²) >= 11 is 0. The lowest BCUT2D eigenvalue weighted by Crippen LogP contribution is -2.21. The number of nitrogens with one attached hydrogen (secondary N) is 3. The van der Waals surface area contributed by atoms with Gasteiger partial charge in [0.2, 0.25) is 0 Å². The highest BCUT2D eigenvalue weighted by Gasteiger charge is 2.06. The molecule has 0 amide bonds. The van der Waals surface area contributed by atoms with Gasteiger partial charge >= 0.3 is 0 Å². The third kappa shape index (κ3) is 3.66. The standard InChI is InChI=1S/C21H22N4O2/c1-27-17-8-6-16(7-9-17)23-11-10-22-13-15-12-20-24-21(26)18-4-2-3-5-19(18)25(20)14-15/h2-9,12,14,22-23H,10-11,13H2,1H3,(H,24,26). The Morgan fingerprint density at radius 3 is 2.70 bits per heavy atom. The maximum Gasteiger partial charge on any atom is 0.258 e. The van der Waals surface area contributed by atoms with E-state index in [1.54, 1.807) is 7.11 Å². The number of aromatic nitrogens is 2. The molecule has 0 aliphatic rings. The number of aromatic amines is 1. The quantitative estimate of drug-likeness (QED) is 0.442. The minimum atomic E-state index is -0.0561. The van der Waals surface area contributed by atoms with Crippen molar-refractivity contribution >= 4 is 22.2 Å². The molecule has 138 valence electrons. The van der Waals surface area contributed by atoms with Crippen LogP contribution in [0.3, 0.4) is 0 Å². The second-order valence-electron chi connectivity index (χ2n) is 6.41. The molecule has 0 unspecified atom stereocenters. The second kappa shape index (κ2) is 7.55. The van der Waals surface area contributed by atoms with Crippen LogP contribution in [0.4, 0.5) is 5.69 Å². The molecule has 0 saturated carbocycles. The highest BCUT2D eigenvalue weighted by atomic mass is 16.5. The summed E-state index contributed by atoms with van der Waals surface area (Å²) in [6.07, 6.45) is 2.07. The molecular formula is C21H22N4O2. The molecule has 0 saturated heterocycles. The van der Waals surface area contributed by atoms with Crippen molar-refractivity contribution in [3.05, 3.63) is 76.7 Å². The summed E-state index contributed by atoms with van der Waals surface area (Å²) in [6, 6.07) is 17.5. The Morgan fingerprint density at radius 1 is 1.07 bits per heavy atom. The maximum atomic E-state index is 12.2. The second-order valence-corrected chi connectivity index (χ2v) is 6.41. The fraction of sp³-hybridized carbons (Fsp3) is 0.190. The Morgan fingerprint density at radius 2 is 1.89 bits per heavy atom. The molecule has 2 aromatic heterocycles. The van der Waals surface area contributed by atoms with E-state index in [0.29, 0.717) is 5.39 Å². The Bertz CT molecular complexity index is 1110. The maximum absolute atomic E-state index is 12.2. The lowest BCUT2D eigenvalue weighted by molar-refractivity contribution is 0.415. The zero-order chi connectivity index (χ0) is 18.6. The number of rotatable bonds is 7. The SMILES string of the molecule is COc1ccc(NCCNCc2cc3[nH]c(=O)c4ccccc4n3c2)cc1. The summed E-state index contributed by atoms with van der Waals surface area (Å²) in [6.45, 7) is 2.39. The van der Waals surface area contributed by atoms with Crippen LogP contribution in [-0.2, 0) is 6.54 Å². The smallest absolute Gasteiger partial charge is 0.258 e. The van der Waals surface area contributed by atoms with Crippen molar-refractivity contribution in [2.45, 2.75) is 6.54 Å². The summed E-state index contributed by atoms with van der Waals surface area (Å²) in [5.74, 6) is 0.852. The summed E-state index contributed by atoms with van der Waals surface area (Å²) in [4.78, 5) is 15.1. The molecule has 0 aliphatic heterocycles. The van der Waals surface area contributed by atoms with Crippen molar-refractivity contribution in [1.82, 2.24) is 14.7 Å². The van der Waals surface area contributed by atoms with Gasteiger partial charge in [0.1, 0.15) is 11.4 Å². The Hall–Kier alpha value is -3.25. The number of benzene rings is 2. The van der Waals surface area contributed by atoms with Gasteiger partial charge in [-0.05, 0) is 48.0 Å². The van der Waals surface area contributed by atoms with E-state index in [4.69, 9.17) is 4.74 Å². The summed E-state index contributed by atoms with van der Waals surface area (Å²) in [5, 5.41) is 7.49. The summed E-state index contributed by atoms with van der Waals surface area (Å²) in [7, 11) is 1.66. The zero-order valence-electron chi connectivity index (χ0n) is 15.2. The minimum Gasteiger partial charge on any atom is -0.497 e. The van der Waals surface area contributed by atoms with Gasteiger partial charge in [0.25, 0.3) is 5.56 Å². The van der Waals surface area contributed by atoms with Gasteiger partial charge in [-0.2, -0.15) is 0 Å². The predicted molar refractivity (Wildman–Crippen MR) is 109 cm³/mol. The molecule has 6 nitrogen and oxygen atoms in total. The van der Waals surface area contributed by atoms with Crippen molar-refractivity contribution in [1.29, 1.82) is 0 Å². The van der Waals surface area contributed by atoms with E-state index >= 15 is 0 Å². The van der Waals surface area contributed by atoms with Gasteiger partial charge in [-0.1, -0.05) is 12.1 Å². The van der Waals surface area contributed by atoms with Crippen LogP contribution in [0.2, 0.25) is 0 Å². The largest absolute Gasteiger partial charge is 0.497 e. The van der Waals surface area contributed by atoms with Crippen molar-refractivity contribution in [3.63, 3.8) is 0 Å². The number of nitrogens with zero attached hydrogens (tertiary/aromatic N) is 1. The van der Waals surface area contributed by atoms with Gasteiger partial charge in [0, 0.05) is 31.5 Å². The molecule has 2 aromatic carbocycles. The first kappa shape index (κ1) is 17.2. The highest BCUT2D eigenvalue weighted by Crippen LogP contribution is 2.15. The van der Waals surface area contributed by atoms with Gasteiger partial charge in [-0.15, -0.1) is 0 Å². The van der Waals surface area contributed by atoms with Crippen LogP contribution >= 0.6 is 0 Å². The van der Waals surface area contributed by atoms with E-state index < -0.39 is 0 Å². The van der Waals surface area contributed by atoms with E-state index in [1.807, 2.05) is 59.0 Å². The Kier molecular flexibility index (Phi) is 4.80. The van der Waals surface area contributed by atoms with Gasteiger partial charge < -0.3 is 24.8 Å². The molecule has 0 fully saturated rings. The van der Waals surface area contributed by atoms with E-state index in [0.717, 1.165) is 47.8 Å². The number of hydrogen-bond donors (Lipinski definition) is 3. The lowest BCUT2D eigenvalue weighted by Gasteiger charge is -2.08. The van der Waals surface area contributed by atoms with Crippen molar-refractivity contribution < 1.29 is 4.74 Å². The summed E-state index contributed by atoms with van der Waals surface area (Å²) in [5.41, 5.74) is 3.87. The molecule has 0 aliphatic carbocycles. The van der Waals surface area contributed by atoms with E-state index in [1.165, 1.54) is 0 Å². The first-order valence-corrected chi connectivity index (χ1v) is 8.95. The van der Waals surface area contributed by atoms with Crippen LogP contribution in [0.25, 0.3) is 16.6 Å².